The quantitative estimate of drug-likeness (QED) is 0.710. The molecular weight excluding hydrogens is 178 g/mol. The van der Waals surface area contributed by atoms with Crippen LogP contribution in [0.25, 0.3) is 0 Å². The van der Waals surface area contributed by atoms with Crippen LogP contribution >= 0.6 is 0 Å². The Morgan fingerprint density at radius 2 is 2.29 bits per heavy atom. The summed E-state index contributed by atoms with van der Waals surface area (Å²) >= 11 is 0. The molecule has 1 heterocycles. The van der Waals surface area contributed by atoms with Crippen molar-refractivity contribution in [2.75, 3.05) is 18.6 Å². The lowest BCUT2D eigenvalue weighted by atomic mass is 10.1. The molecule has 0 atom stereocenters. The zero-order valence-electron chi connectivity index (χ0n) is 8.41. The van der Waals surface area contributed by atoms with E-state index in [0.717, 1.165) is 17.0 Å². The van der Waals surface area contributed by atoms with Gasteiger partial charge in [0, 0.05) is 6.54 Å². The number of fused-ring (bicyclic) bond motifs is 1. The molecule has 1 amide bonds. The second-order valence-corrected chi connectivity index (χ2v) is 3.28. The van der Waals surface area contributed by atoms with Crippen LogP contribution in [0.4, 0.5) is 5.69 Å². The van der Waals surface area contributed by atoms with Crippen LogP contribution in [0.15, 0.2) is 18.2 Å². The average molecular weight is 191 g/mol. The lowest BCUT2D eigenvalue weighted by Crippen LogP contribution is -2.26. The Labute approximate surface area is 83.3 Å². The maximum Gasteiger partial charge on any atom is 0.231 e. The number of hydrogen-bond acceptors (Lipinski definition) is 2. The Bertz CT molecular complexity index is 374. The number of ether oxygens (including phenoxy) is 1. The molecule has 14 heavy (non-hydrogen) atoms. The predicted octanol–water partition coefficient (Wildman–Crippen LogP) is 1.60. The summed E-state index contributed by atoms with van der Waals surface area (Å²) in [7, 11) is 1.63. The fourth-order valence-electron chi connectivity index (χ4n) is 1.90. The number of carbonyl (C=O) groups excluding carboxylic acids is 1. The number of benzene rings is 1. The number of likely N-dealkylation sites (N-methyl/N-ethyl adjacent to an activating group) is 1. The van der Waals surface area contributed by atoms with Gasteiger partial charge in [-0.1, -0.05) is 12.1 Å². The Balaban J connectivity index is 2.53. The van der Waals surface area contributed by atoms with E-state index >= 15 is 0 Å². The maximum absolute atomic E-state index is 11.6. The first-order valence-corrected chi connectivity index (χ1v) is 4.74. The molecule has 1 aliphatic heterocycles. The Morgan fingerprint density at radius 3 is 2.93 bits per heavy atom. The standard InChI is InChI=1S/C11H13NO2/c1-3-12-10(13)7-8-5-4-6-9(14-2)11(8)12/h4-6H,3,7H2,1-2H3. The van der Waals surface area contributed by atoms with Crippen LogP contribution in [-0.4, -0.2) is 19.6 Å². The summed E-state index contributed by atoms with van der Waals surface area (Å²) in [4.78, 5) is 13.4. The first kappa shape index (κ1) is 9.06. The van der Waals surface area contributed by atoms with Gasteiger partial charge in [-0.2, -0.15) is 0 Å². The van der Waals surface area contributed by atoms with Crippen molar-refractivity contribution >= 4 is 11.6 Å². The molecule has 0 saturated heterocycles. The van der Waals surface area contributed by atoms with E-state index in [1.165, 1.54) is 0 Å². The first-order chi connectivity index (χ1) is 6.77. The molecule has 0 unspecified atom stereocenters. The van der Waals surface area contributed by atoms with Crippen LogP contribution in [0, 0.1) is 0 Å². The minimum atomic E-state index is 0.159. The molecule has 2 rings (SSSR count). The van der Waals surface area contributed by atoms with Crippen molar-refractivity contribution in [1.82, 2.24) is 0 Å². The summed E-state index contributed by atoms with van der Waals surface area (Å²) in [5.74, 6) is 0.946. The third-order valence-corrected chi connectivity index (χ3v) is 2.53. The van der Waals surface area contributed by atoms with Crippen LogP contribution in [0.5, 0.6) is 5.75 Å². The van der Waals surface area contributed by atoms with Crippen LogP contribution in [0.3, 0.4) is 0 Å². The third-order valence-electron chi connectivity index (χ3n) is 2.53. The number of nitrogens with zero attached hydrogens (tertiary/aromatic N) is 1. The normalized spacial score (nSPS) is 14.4. The fourth-order valence-corrected chi connectivity index (χ4v) is 1.90. The van der Waals surface area contributed by atoms with Gasteiger partial charge in [0.2, 0.25) is 5.91 Å². The van der Waals surface area contributed by atoms with E-state index < -0.39 is 0 Å². The van der Waals surface area contributed by atoms with Crippen molar-refractivity contribution in [3.05, 3.63) is 23.8 Å². The van der Waals surface area contributed by atoms with Crippen LogP contribution in [-0.2, 0) is 11.2 Å². The van der Waals surface area contributed by atoms with Gasteiger partial charge in [-0.3, -0.25) is 4.79 Å². The van der Waals surface area contributed by atoms with Crippen molar-refractivity contribution < 1.29 is 9.53 Å². The second-order valence-electron chi connectivity index (χ2n) is 3.28. The van der Waals surface area contributed by atoms with Gasteiger partial charge in [-0.05, 0) is 18.6 Å². The summed E-state index contributed by atoms with van der Waals surface area (Å²) in [5, 5.41) is 0. The van der Waals surface area contributed by atoms with Gasteiger partial charge < -0.3 is 9.64 Å². The van der Waals surface area contributed by atoms with E-state index in [0.29, 0.717) is 13.0 Å². The molecule has 1 aromatic carbocycles. The largest absolute Gasteiger partial charge is 0.495 e. The third kappa shape index (κ3) is 1.16. The highest BCUT2D eigenvalue weighted by Crippen LogP contribution is 2.37. The van der Waals surface area contributed by atoms with E-state index in [1.807, 2.05) is 25.1 Å². The maximum atomic E-state index is 11.6. The highest BCUT2D eigenvalue weighted by Gasteiger charge is 2.28. The van der Waals surface area contributed by atoms with Crippen LogP contribution in [0.1, 0.15) is 12.5 Å². The number of amides is 1. The topological polar surface area (TPSA) is 29.5 Å². The molecule has 1 aromatic rings. The zero-order valence-corrected chi connectivity index (χ0v) is 8.41. The molecule has 0 aromatic heterocycles. The number of methoxy groups -OCH3 is 1. The Kier molecular flexibility index (Phi) is 2.15. The summed E-state index contributed by atoms with van der Waals surface area (Å²) in [6.45, 7) is 2.67. The van der Waals surface area contributed by atoms with Gasteiger partial charge >= 0.3 is 0 Å². The summed E-state index contributed by atoms with van der Waals surface area (Å²) < 4.78 is 5.24. The molecular formula is C11H13NO2. The molecule has 0 spiro atoms. The van der Waals surface area contributed by atoms with Crippen LogP contribution in [0.2, 0.25) is 0 Å². The lowest BCUT2D eigenvalue weighted by Gasteiger charge is -2.17. The van der Waals surface area contributed by atoms with E-state index in [4.69, 9.17) is 4.74 Å². The van der Waals surface area contributed by atoms with Crippen molar-refractivity contribution in [2.24, 2.45) is 0 Å². The number of hydrogen-bond donors (Lipinski definition) is 0. The molecule has 0 aliphatic carbocycles. The van der Waals surface area contributed by atoms with E-state index in [9.17, 15) is 4.79 Å². The summed E-state index contributed by atoms with van der Waals surface area (Å²) in [6.07, 6.45) is 0.500. The molecule has 1 aliphatic rings. The Morgan fingerprint density at radius 1 is 1.50 bits per heavy atom. The number of para-hydroxylation sites is 1. The molecule has 74 valence electrons. The zero-order chi connectivity index (χ0) is 10.1. The van der Waals surface area contributed by atoms with E-state index in [1.54, 1.807) is 12.0 Å². The highest BCUT2D eigenvalue weighted by molar-refractivity contribution is 6.03. The minimum absolute atomic E-state index is 0.159. The second kappa shape index (κ2) is 3.33. The smallest absolute Gasteiger partial charge is 0.231 e. The van der Waals surface area contributed by atoms with Gasteiger partial charge in [0.05, 0.1) is 19.2 Å². The summed E-state index contributed by atoms with van der Waals surface area (Å²) in [6, 6.07) is 5.79. The molecule has 0 saturated carbocycles. The molecule has 0 bridgehead atoms. The van der Waals surface area contributed by atoms with Gasteiger partial charge in [0.1, 0.15) is 5.75 Å². The predicted molar refractivity (Wildman–Crippen MR) is 54.7 cm³/mol. The summed E-state index contributed by atoms with van der Waals surface area (Å²) in [5.41, 5.74) is 2.01. The van der Waals surface area contributed by atoms with Crippen molar-refractivity contribution in [1.29, 1.82) is 0 Å². The van der Waals surface area contributed by atoms with Crippen molar-refractivity contribution in [2.45, 2.75) is 13.3 Å². The van der Waals surface area contributed by atoms with Gasteiger partial charge in [0.25, 0.3) is 0 Å². The molecule has 0 fully saturated rings. The molecule has 0 radical (unpaired) electrons. The Hall–Kier alpha value is -1.51. The number of carbonyl (C=O) groups is 1. The average Bonchev–Trinajstić information content (AvgIpc) is 2.52. The van der Waals surface area contributed by atoms with Crippen LogP contribution < -0.4 is 9.64 Å². The highest BCUT2D eigenvalue weighted by atomic mass is 16.5. The molecule has 3 heteroatoms. The fraction of sp³-hybridized carbons (Fsp3) is 0.364. The minimum Gasteiger partial charge on any atom is -0.495 e. The first-order valence-electron chi connectivity index (χ1n) is 4.74. The number of anilines is 1. The lowest BCUT2D eigenvalue weighted by molar-refractivity contribution is -0.117. The van der Waals surface area contributed by atoms with Gasteiger partial charge in [-0.15, -0.1) is 0 Å². The van der Waals surface area contributed by atoms with Crippen molar-refractivity contribution in [3.63, 3.8) is 0 Å². The van der Waals surface area contributed by atoms with Gasteiger partial charge in [0.15, 0.2) is 0 Å². The van der Waals surface area contributed by atoms with Gasteiger partial charge in [-0.25, -0.2) is 0 Å². The molecule has 0 N–H and O–H groups in total. The van der Waals surface area contributed by atoms with E-state index in [2.05, 4.69) is 0 Å². The SMILES string of the molecule is CCN1C(=O)Cc2cccc(OC)c21. The number of rotatable bonds is 2. The monoisotopic (exact) mass is 191 g/mol. The van der Waals surface area contributed by atoms with E-state index in [-0.39, 0.29) is 5.91 Å². The van der Waals surface area contributed by atoms with Crippen molar-refractivity contribution in [3.8, 4) is 5.75 Å². The molecule has 3 nitrogen and oxygen atoms in total.